The molecule has 0 amide bonds. The Balaban J connectivity index is 1.58. The molecule has 7 nitrogen and oxygen atoms in total. The molecular weight excluding hydrogens is 332 g/mol. The molecule has 152 valence electrons. The van der Waals surface area contributed by atoms with Crippen molar-refractivity contribution in [2.24, 2.45) is 10.9 Å². The Morgan fingerprint density at radius 3 is 2.46 bits per heavy atom. The van der Waals surface area contributed by atoms with Crippen molar-refractivity contribution in [3.8, 4) is 0 Å². The first-order valence-corrected chi connectivity index (χ1v) is 10.0. The molecule has 2 aliphatic heterocycles. The fourth-order valence-corrected chi connectivity index (χ4v) is 3.55. The van der Waals surface area contributed by atoms with Gasteiger partial charge in [0.05, 0.1) is 0 Å². The highest BCUT2D eigenvalue weighted by molar-refractivity contribution is 5.79. The van der Waals surface area contributed by atoms with Crippen LogP contribution in [0.25, 0.3) is 0 Å². The van der Waals surface area contributed by atoms with Crippen LogP contribution in [-0.2, 0) is 14.2 Å². The standard InChI is InChI=1S/C19H38N4O3/c1-20-18(22-16-19(23(2)3)7-13-25-14-8-19)21-9-4-10-26-15-17-5-11-24-12-6-17/h17H,4-16H2,1-3H3,(H2,20,21,22). The van der Waals surface area contributed by atoms with E-state index in [0.29, 0.717) is 5.92 Å². The van der Waals surface area contributed by atoms with E-state index in [4.69, 9.17) is 14.2 Å². The molecule has 2 N–H and O–H groups in total. The van der Waals surface area contributed by atoms with Crippen LogP contribution in [0.3, 0.4) is 0 Å². The van der Waals surface area contributed by atoms with Gasteiger partial charge in [-0.2, -0.15) is 0 Å². The normalized spacial score (nSPS) is 21.8. The molecule has 2 aliphatic rings. The smallest absolute Gasteiger partial charge is 0.191 e. The molecule has 0 radical (unpaired) electrons. The van der Waals surface area contributed by atoms with Gasteiger partial charge in [-0.1, -0.05) is 0 Å². The van der Waals surface area contributed by atoms with Crippen molar-refractivity contribution in [2.75, 3.05) is 73.9 Å². The number of guanidine groups is 1. The molecule has 0 spiro atoms. The summed E-state index contributed by atoms with van der Waals surface area (Å²) in [6.45, 7) is 6.84. The minimum absolute atomic E-state index is 0.142. The Morgan fingerprint density at radius 2 is 1.81 bits per heavy atom. The lowest BCUT2D eigenvalue weighted by Gasteiger charge is -2.43. The van der Waals surface area contributed by atoms with E-state index in [2.05, 4.69) is 34.6 Å². The first-order valence-electron chi connectivity index (χ1n) is 10.0. The summed E-state index contributed by atoms with van der Waals surface area (Å²) in [6.07, 6.45) is 5.34. The second kappa shape index (κ2) is 11.7. The molecule has 0 bridgehead atoms. The summed E-state index contributed by atoms with van der Waals surface area (Å²) in [6, 6.07) is 0. The Kier molecular flexibility index (Phi) is 9.67. The summed E-state index contributed by atoms with van der Waals surface area (Å²) < 4.78 is 16.7. The second-order valence-electron chi connectivity index (χ2n) is 7.57. The number of aliphatic imine (C=N–C) groups is 1. The zero-order chi connectivity index (χ0) is 18.7. The molecule has 0 aromatic heterocycles. The molecule has 0 saturated carbocycles. The molecule has 0 aliphatic carbocycles. The van der Waals surface area contributed by atoms with E-state index in [0.717, 1.165) is 90.8 Å². The van der Waals surface area contributed by atoms with Crippen molar-refractivity contribution in [2.45, 2.75) is 37.6 Å². The number of nitrogens with zero attached hydrogens (tertiary/aromatic N) is 2. The van der Waals surface area contributed by atoms with E-state index < -0.39 is 0 Å². The van der Waals surface area contributed by atoms with E-state index in [9.17, 15) is 0 Å². The maximum absolute atomic E-state index is 5.81. The monoisotopic (exact) mass is 370 g/mol. The largest absolute Gasteiger partial charge is 0.381 e. The third-order valence-electron chi connectivity index (χ3n) is 5.63. The summed E-state index contributed by atoms with van der Waals surface area (Å²) in [7, 11) is 6.13. The summed E-state index contributed by atoms with van der Waals surface area (Å²) in [5.41, 5.74) is 0.142. The number of nitrogens with one attached hydrogen (secondary N) is 2. The van der Waals surface area contributed by atoms with Crippen LogP contribution in [0.5, 0.6) is 0 Å². The van der Waals surface area contributed by atoms with Crippen LogP contribution in [0, 0.1) is 5.92 Å². The maximum Gasteiger partial charge on any atom is 0.191 e. The van der Waals surface area contributed by atoms with Crippen LogP contribution in [0.4, 0.5) is 0 Å². The zero-order valence-electron chi connectivity index (χ0n) is 16.9. The maximum atomic E-state index is 5.81. The number of likely N-dealkylation sites (N-methyl/N-ethyl adjacent to an activating group) is 1. The summed E-state index contributed by atoms with van der Waals surface area (Å²) >= 11 is 0. The average molecular weight is 371 g/mol. The molecular formula is C19H38N4O3. The molecule has 7 heteroatoms. The minimum atomic E-state index is 0.142. The Hall–Kier alpha value is -0.890. The number of ether oxygens (including phenoxy) is 3. The molecule has 0 aromatic rings. The predicted molar refractivity (Wildman–Crippen MR) is 105 cm³/mol. The zero-order valence-corrected chi connectivity index (χ0v) is 16.9. The highest BCUT2D eigenvalue weighted by atomic mass is 16.5. The van der Waals surface area contributed by atoms with Gasteiger partial charge in [-0.05, 0) is 52.1 Å². The minimum Gasteiger partial charge on any atom is -0.381 e. The van der Waals surface area contributed by atoms with E-state index in [-0.39, 0.29) is 5.54 Å². The van der Waals surface area contributed by atoms with Gasteiger partial charge in [0.15, 0.2) is 5.96 Å². The van der Waals surface area contributed by atoms with Crippen LogP contribution in [0.15, 0.2) is 4.99 Å². The lowest BCUT2D eigenvalue weighted by Crippen LogP contribution is -2.57. The highest BCUT2D eigenvalue weighted by Gasteiger charge is 2.34. The predicted octanol–water partition coefficient (Wildman–Crippen LogP) is 1.10. The molecule has 2 fully saturated rings. The van der Waals surface area contributed by atoms with Gasteiger partial charge in [0.1, 0.15) is 0 Å². The van der Waals surface area contributed by atoms with Gasteiger partial charge in [0.2, 0.25) is 0 Å². The van der Waals surface area contributed by atoms with Gasteiger partial charge in [-0.3, -0.25) is 4.99 Å². The summed E-state index contributed by atoms with van der Waals surface area (Å²) in [5, 5.41) is 6.88. The third kappa shape index (κ3) is 7.02. The fraction of sp³-hybridized carbons (Fsp3) is 0.947. The first-order chi connectivity index (χ1) is 12.7. The Labute approximate surface area is 158 Å². The second-order valence-corrected chi connectivity index (χ2v) is 7.57. The number of hydrogen-bond acceptors (Lipinski definition) is 5. The SMILES string of the molecule is CN=C(NCCCOCC1CCOCC1)NCC1(N(C)C)CCOCC1. The van der Waals surface area contributed by atoms with Crippen LogP contribution in [0.1, 0.15) is 32.1 Å². The quantitative estimate of drug-likeness (QED) is 0.360. The third-order valence-corrected chi connectivity index (χ3v) is 5.63. The number of rotatable bonds is 9. The van der Waals surface area contributed by atoms with Crippen molar-refractivity contribution >= 4 is 5.96 Å². The van der Waals surface area contributed by atoms with Crippen molar-refractivity contribution in [3.63, 3.8) is 0 Å². The molecule has 2 saturated heterocycles. The van der Waals surface area contributed by atoms with Gasteiger partial charge in [0, 0.05) is 65.3 Å². The van der Waals surface area contributed by atoms with E-state index in [1.54, 1.807) is 0 Å². The highest BCUT2D eigenvalue weighted by Crippen LogP contribution is 2.24. The van der Waals surface area contributed by atoms with Crippen LogP contribution >= 0.6 is 0 Å². The van der Waals surface area contributed by atoms with E-state index in [1.165, 1.54) is 0 Å². The van der Waals surface area contributed by atoms with Gasteiger partial charge in [-0.15, -0.1) is 0 Å². The van der Waals surface area contributed by atoms with E-state index in [1.807, 2.05) is 7.05 Å². The van der Waals surface area contributed by atoms with Crippen molar-refractivity contribution in [1.29, 1.82) is 0 Å². The lowest BCUT2D eigenvalue weighted by atomic mass is 9.88. The van der Waals surface area contributed by atoms with Crippen molar-refractivity contribution in [1.82, 2.24) is 15.5 Å². The molecule has 0 aromatic carbocycles. The van der Waals surface area contributed by atoms with Crippen LogP contribution < -0.4 is 10.6 Å². The molecule has 26 heavy (non-hydrogen) atoms. The molecule has 2 rings (SSSR count). The van der Waals surface area contributed by atoms with Crippen molar-refractivity contribution in [3.05, 3.63) is 0 Å². The lowest BCUT2D eigenvalue weighted by molar-refractivity contribution is -0.00501. The van der Waals surface area contributed by atoms with Gasteiger partial charge >= 0.3 is 0 Å². The summed E-state index contributed by atoms with van der Waals surface area (Å²) in [5.74, 6) is 1.54. The fourth-order valence-electron chi connectivity index (χ4n) is 3.55. The topological polar surface area (TPSA) is 67.4 Å². The van der Waals surface area contributed by atoms with Gasteiger partial charge < -0.3 is 29.7 Å². The molecule has 2 heterocycles. The first kappa shape index (κ1) is 21.4. The Bertz CT molecular complexity index is 406. The average Bonchev–Trinajstić information content (AvgIpc) is 2.68. The molecule has 0 atom stereocenters. The Morgan fingerprint density at radius 1 is 1.12 bits per heavy atom. The van der Waals surface area contributed by atoms with Crippen LogP contribution in [0.2, 0.25) is 0 Å². The van der Waals surface area contributed by atoms with Crippen LogP contribution in [-0.4, -0.2) is 90.3 Å². The van der Waals surface area contributed by atoms with Crippen molar-refractivity contribution < 1.29 is 14.2 Å². The van der Waals surface area contributed by atoms with Gasteiger partial charge in [-0.25, -0.2) is 0 Å². The number of hydrogen-bond donors (Lipinski definition) is 2. The summed E-state index contributed by atoms with van der Waals surface area (Å²) in [4.78, 5) is 6.66. The molecule has 0 unspecified atom stereocenters. The van der Waals surface area contributed by atoms with E-state index >= 15 is 0 Å². The van der Waals surface area contributed by atoms with Gasteiger partial charge in [0.25, 0.3) is 0 Å².